The molecule has 0 fully saturated rings. The average Bonchev–Trinajstić information content (AvgIpc) is 1.83. The SMILES string of the molecule is [CH2]CC(C=O)OCC. The van der Waals surface area contributed by atoms with Gasteiger partial charge in [0.25, 0.3) is 0 Å². The summed E-state index contributed by atoms with van der Waals surface area (Å²) in [6.45, 7) is 5.95. The quantitative estimate of drug-likeness (QED) is 0.507. The predicted octanol–water partition coefficient (Wildman–Crippen LogP) is 0.815. The van der Waals surface area contributed by atoms with Gasteiger partial charge in [0.2, 0.25) is 0 Å². The summed E-state index contributed by atoms with van der Waals surface area (Å²) in [5.74, 6) is 0. The lowest BCUT2D eigenvalue weighted by Gasteiger charge is -2.04. The van der Waals surface area contributed by atoms with Gasteiger partial charge in [-0.3, -0.25) is 0 Å². The Morgan fingerprint density at radius 2 is 2.50 bits per heavy atom. The van der Waals surface area contributed by atoms with Crippen LogP contribution in [-0.2, 0) is 9.53 Å². The van der Waals surface area contributed by atoms with Gasteiger partial charge in [0, 0.05) is 6.61 Å². The topological polar surface area (TPSA) is 26.3 Å². The maximum atomic E-state index is 9.96. The second-order valence-corrected chi connectivity index (χ2v) is 1.42. The van der Waals surface area contributed by atoms with Crippen molar-refractivity contribution >= 4 is 6.29 Å². The number of carbonyl (C=O) groups is 1. The van der Waals surface area contributed by atoms with Crippen LogP contribution in [-0.4, -0.2) is 19.0 Å². The van der Waals surface area contributed by atoms with Crippen LogP contribution in [0.5, 0.6) is 0 Å². The van der Waals surface area contributed by atoms with Gasteiger partial charge >= 0.3 is 0 Å². The van der Waals surface area contributed by atoms with Gasteiger partial charge in [-0.15, -0.1) is 0 Å². The molecule has 0 aromatic carbocycles. The van der Waals surface area contributed by atoms with E-state index in [2.05, 4.69) is 6.92 Å². The van der Waals surface area contributed by atoms with E-state index < -0.39 is 0 Å². The molecular formula is C6H11O2. The van der Waals surface area contributed by atoms with Crippen molar-refractivity contribution in [2.24, 2.45) is 0 Å². The zero-order chi connectivity index (χ0) is 6.41. The molecule has 2 nitrogen and oxygen atoms in total. The number of carbonyl (C=O) groups excluding carboxylic acids is 1. The molecule has 8 heavy (non-hydrogen) atoms. The number of ether oxygens (including phenoxy) is 1. The lowest BCUT2D eigenvalue weighted by Crippen LogP contribution is -2.12. The molecule has 0 amide bonds. The molecule has 0 spiro atoms. The van der Waals surface area contributed by atoms with Gasteiger partial charge < -0.3 is 9.53 Å². The monoisotopic (exact) mass is 115 g/mol. The van der Waals surface area contributed by atoms with Crippen molar-refractivity contribution in [1.82, 2.24) is 0 Å². The van der Waals surface area contributed by atoms with E-state index in [-0.39, 0.29) is 6.10 Å². The fourth-order valence-corrected chi connectivity index (χ4v) is 0.405. The molecule has 0 heterocycles. The number of hydrogen-bond acceptors (Lipinski definition) is 2. The normalized spacial score (nSPS) is 13.2. The van der Waals surface area contributed by atoms with Crippen molar-refractivity contribution in [2.45, 2.75) is 19.4 Å². The molecule has 1 atom stereocenters. The number of hydrogen-bond donors (Lipinski definition) is 0. The van der Waals surface area contributed by atoms with Gasteiger partial charge in [0.1, 0.15) is 12.4 Å². The van der Waals surface area contributed by atoms with E-state index in [0.717, 1.165) is 6.29 Å². The minimum atomic E-state index is -0.292. The standard InChI is InChI=1S/C6H11O2/c1-3-6(5-7)8-4-2/h5-6H,1,3-4H2,2H3. The fraction of sp³-hybridized carbons (Fsp3) is 0.667. The van der Waals surface area contributed by atoms with Gasteiger partial charge in [-0.05, 0) is 13.3 Å². The Hall–Kier alpha value is -0.370. The summed E-state index contributed by atoms with van der Waals surface area (Å²) >= 11 is 0. The molecule has 1 radical (unpaired) electrons. The van der Waals surface area contributed by atoms with Gasteiger partial charge in [-0.1, -0.05) is 6.92 Å². The maximum Gasteiger partial charge on any atom is 0.148 e. The van der Waals surface area contributed by atoms with Gasteiger partial charge in [0.05, 0.1) is 0 Å². The summed E-state index contributed by atoms with van der Waals surface area (Å²) in [5.41, 5.74) is 0. The molecule has 0 aromatic heterocycles. The molecule has 0 N–H and O–H groups in total. The fourth-order valence-electron chi connectivity index (χ4n) is 0.405. The molecule has 0 saturated carbocycles. The Bertz CT molecular complexity index is 61.5. The van der Waals surface area contributed by atoms with Crippen LogP contribution in [0.1, 0.15) is 13.3 Å². The lowest BCUT2D eigenvalue weighted by atomic mass is 10.3. The van der Waals surface area contributed by atoms with Crippen LogP contribution in [0.3, 0.4) is 0 Å². The Balaban J connectivity index is 3.21. The van der Waals surface area contributed by atoms with Gasteiger partial charge in [0.15, 0.2) is 0 Å². The average molecular weight is 115 g/mol. The van der Waals surface area contributed by atoms with E-state index in [4.69, 9.17) is 4.74 Å². The van der Waals surface area contributed by atoms with Gasteiger partial charge in [-0.25, -0.2) is 0 Å². The first-order chi connectivity index (χ1) is 3.85. The van der Waals surface area contributed by atoms with E-state index in [1.54, 1.807) is 0 Å². The highest BCUT2D eigenvalue weighted by molar-refractivity contribution is 5.55. The molecule has 0 rings (SSSR count). The van der Waals surface area contributed by atoms with Crippen LogP contribution in [0.4, 0.5) is 0 Å². The Morgan fingerprint density at radius 3 is 2.62 bits per heavy atom. The first-order valence-corrected chi connectivity index (χ1v) is 2.71. The van der Waals surface area contributed by atoms with Crippen molar-refractivity contribution in [1.29, 1.82) is 0 Å². The third kappa shape index (κ3) is 2.75. The third-order valence-corrected chi connectivity index (χ3v) is 0.817. The molecule has 0 aliphatic carbocycles. The number of rotatable bonds is 4. The zero-order valence-electron chi connectivity index (χ0n) is 5.09. The van der Waals surface area contributed by atoms with Crippen LogP contribution in [0.15, 0.2) is 0 Å². The highest BCUT2D eigenvalue weighted by Gasteiger charge is 1.99. The summed E-state index contributed by atoms with van der Waals surface area (Å²) in [7, 11) is 0. The molecule has 2 heteroatoms. The highest BCUT2D eigenvalue weighted by Crippen LogP contribution is 1.90. The summed E-state index contributed by atoms with van der Waals surface area (Å²) < 4.78 is 4.91. The zero-order valence-corrected chi connectivity index (χ0v) is 5.09. The van der Waals surface area contributed by atoms with Crippen LogP contribution >= 0.6 is 0 Å². The first kappa shape index (κ1) is 7.63. The summed E-state index contributed by atoms with van der Waals surface area (Å²) in [6.07, 6.45) is 1.01. The molecule has 0 aliphatic rings. The molecule has 0 aromatic rings. The minimum absolute atomic E-state index is 0.292. The van der Waals surface area contributed by atoms with Crippen molar-refractivity contribution < 1.29 is 9.53 Å². The summed E-state index contributed by atoms with van der Waals surface area (Å²) in [5, 5.41) is 0. The number of aldehydes is 1. The van der Waals surface area contributed by atoms with Crippen LogP contribution in [0.25, 0.3) is 0 Å². The second-order valence-electron chi connectivity index (χ2n) is 1.42. The minimum Gasteiger partial charge on any atom is -0.371 e. The Kier molecular flexibility index (Phi) is 4.56. The molecule has 0 bridgehead atoms. The van der Waals surface area contributed by atoms with Crippen LogP contribution < -0.4 is 0 Å². The summed E-state index contributed by atoms with van der Waals surface area (Å²) in [6, 6.07) is 0. The Morgan fingerprint density at radius 1 is 1.88 bits per heavy atom. The molecule has 0 aliphatic heterocycles. The van der Waals surface area contributed by atoms with Crippen molar-refractivity contribution in [2.75, 3.05) is 6.61 Å². The predicted molar refractivity (Wildman–Crippen MR) is 31.5 cm³/mol. The van der Waals surface area contributed by atoms with Crippen LogP contribution in [0, 0.1) is 6.92 Å². The highest BCUT2D eigenvalue weighted by atomic mass is 16.5. The van der Waals surface area contributed by atoms with Gasteiger partial charge in [-0.2, -0.15) is 0 Å². The largest absolute Gasteiger partial charge is 0.371 e. The third-order valence-electron chi connectivity index (χ3n) is 0.817. The van der Waals surface area contributed by atoms with E-state index >= 15 is 0 Å². The molecule has 1 unspecified atom stereocenters. The van der Waals surface area contributed by atoms with E-state index in [1.807, 2.05) is 6.92 Å². The second kappa shape index (κ2) is 4.78. The van der Waals surface area contributed by atoms with Crippen molar-refractivity contribution in [3.05, 3.63) is 6.92 Å². The van der Waals surface area contributed by atoms with E-state index in [0.29, 0.717) is 13.0 Å². The lowest BCUT2D eigenvalue weighted by molar-refractivity contribution is -0.117. The Labute approximate surface area is 49.8 Å². The smallest absolute Gasteiger partial charge is 0.148 e. The van der Waals surface area contributed by atoms with Crippen molar-refractivity contribution in [3.63, 3.8) is 0 Å². The first-order valence-electron chi connectivity index (χ1n) is 2.71. The molecule has 47 valence electrons. The van der Waals surface area contributed by atoms with Crippen LogP contribution in [0.2, 0.25) is 0 Å². The summed E-state index contributed by atoms with van der Waals surface area (Å²) in [4.78, 5) is 9.96. The maximum absolute atomic E-state index is 9.96. The van der Waals surface area contributed by atoms with E-state index in [1.165, 1.54) is 0 Å². The molecular weight excluding hydrogens is 104 g/mol. The van der Waals surface area contributed by atoms with Crippen molar-refractivity contribution in [3.8, 4) is 0 Å². The molecule has 0 saturated heterocycles. The van der Waals surface area contributed by atoms with E-state index in [9.17, 15) is 4.79 Å².